The van der Waals surface area contributed by atoms with Gasteiger partial charge < -0.3 is 23.8 Å². The van der Waals surface area contributed by atoms with Crippen molar-refractivity contribution in [1.82, 2.24) is 19.4 Å². The Kier molecular flexibility index (Phi) is 6.66. The molecule has 2 aliphatic heterocycles. The van der Waals surface area contributed by atoms with E-state index in [9.17, 15) is 4.79 Å². The summed E-state index contributed by atoms with van der Waals surface area (Å²) in [6.45, 7) is 5.58. The highest BCUT2D eigenvalue weighted by molar-refractivity contribution is 6.30. The smallest absolute Gasteiger partial charge is 0.256 e. The first-order valence-corrected chi connectivity index (χ1v) is 12.7. The van der Waals surface area contributed by atoms with E-state index >= 15 is 0 Å². The van der Waals surface area contributed by atoms with Crippen LogP contribution >= 0.6 is 11.6 Å². The van der Waals surface area contributed by atoms with Crippen molar-refractivity contribution in [3.8, 4) is 17.1 Å². The highest BCUT2D eigenvalue weighted by Crippen LogP contribution is 2.47. The van der Waals surface area contributed by atoms with Crippen molar-refractivity contribution in [2.45, 2.75) is 44.8 Å². The first-order chi connectivity index (χ1) is 17.3. The maximum atomic E-state index is 14.0. The van der Waals surface area contributed by atoms with Crippen LogP contribution in [0, 0.1) is 0 Å². The average Bonchev–Trinajstić information content (AvgIpc) is 3.40. The molecule has 190 valence electrons. The number of amides is 1. The predicted molar refractivity (Wildman–Crippen MR) is 140 cm³/mol. The van der Waals surface area contributed by atoms with Gasteiger partial charge in [0.1, 0.15) is 0 Å². The summed E-state index contributed by atoms with van der Waals surface area (Å²) in [5.41, 5.74) is 4.36. The average molecular weight is 510 g/mol. The van der Waals surface area contributed by atoms with Crippen molar-refractivity contribution in [1.29, 1.82) is 0 Å². The summed E-state index contributed by atoms with van der Waals surface area (Å²) in [6, 6.07) is 9.78. The summed E-state index contributed by atoms with van der Waals surface area (Å²) in [6.07, 6.45) is 3.42. The fraction of sp³-hybridized carbons (Fsp3) is 0.444. The lowest BCUT2D eigenvalue weighted by Gasteiger charge is -2.37. The lowest BCUT2D eigenvalue weighted by atomic mass is 9.99. The Morgan fingerprint density at radius 3 is 2.44 bits per heavy atom. The van der Waals surface area contributed by atoms with Gasteiger partial charge in [0.15, 0.2) is 0 Å². The van der Waals surface area contributed by atoms with Crippen molar-refractivity contribution in [3.05, 3.63) is 58.4 Å². The Balaban J connectivity index is 1.71. The second kappa shape index (κ2) is 9.75. The van der Waals surface area contributed by atoms with E-state index in [-0.39, 0.29) is 24.0 Å². The van der Waals surface area contributed by atoms with Crippen LogP contribution in [0.15, 0.2) is 36.5 Å². The van der Waals surface area contributed by atoms with Crippen LogP contribution in [0.5, 0.6) is 5.88 Å². The summed E-state index contributed by atoms with van der Waals surface area (Å²) in [5.74, 6) is 1.08. The molecule has 0 aliphatic carbocycles. The number of methoxy groups -OCH3 is 1. The Morgan fingerprint density at radius 2 is 1.83 bits per heavy atom. The highest BCUT2D eigenvalue weighted by Gasteiger charge is 2.45. The molecule has 1 amide bonds. The van der Waals surface area contributed by atoms with E-state index in [0.717, 1.165) is 35.4 Å². The lowest BCUT2D eigenvalue weighted by Crippen LogP contribution is -2.42. The molecule has 0 radical (unpaired) electrons. The third kappa shape index (κ3) is 4.12. The summed E-state index contributed by atoms with van der Waals surface area (Å²) in [4.78, 5) is 27.1. The van der Waals surface area contributed by atoms with Crippen LogP contribution < -0.4 is 9.64 Å². The number of hydrogen-bond acceptors (Lipinski definition) is 6. The number of benzene rings is 1. The second-order valence-corrected chi connectivity index (χ2v) is 10.2. The van der Waals surface area contributed by atoms with E-state index in [4.69, 9.17) is 21.1 Å². The van der Waals surface area contributed by atoms with E-state index in [1.54, 1.807) is 13.3 Å². The molecule has 3 aromatic rings. The molecule has 8 nitrogen and oxygen atoms in total. The normalized spacial score (nSPS) is 18.1. The Hall–Kier alpha value is -3.10. The maximum absolute atomic E-state index is 14.0. The molecule has 5 rings (SSSR count). The molecule has 1 aromatic carbocycles. The van der Waals surface area contributed by atoms with E-state index in [2.05, 4.69) is 33.3 Å². The molecule has 0 bridgehead atoms. The van der Waals surface area contributed by atoms with Gasteiger partial charge >= 0.3 is 0 Å². The molecule has 4 heterocycles. The third-order valence-corrected chi connectivity index (χ3v) is 7.23. The predicted octanol–water partition coefficient (Wildman–Crippen LogP) is 4.98. The fourth-order valence-corrected chi connectivity index (χ4v) is 5.48. The first kappa shape index (κ1) is 24.6. The quantitative estimate of drug-likeness (QED) is 0.466. The number of anilines is 1. The Morgan fingerprint density at radius 1 is 1.14 bits per heavy atom. The molecule has 1 saturated heterocycles. The summed E-state index contributed by atoms with van der Waals surface area (Å²) in [5, 5.41) is 0.670. The van der Waals surface area contributed by atoms with E-state index in [1.165, 1.54) is 0 Å². The number of rotatable bonds is 6. The van der Waals surface area contributed by atoms with Gasteiger partial charge in [-0.1, -0.05) is 23.7 Å². The molecule has 9 heteroatoms. The summed E-state index contributed by atoms with van der Waals surface area (Å²) in [7, 11) is 5.39. The molecule has 36 heavy (non-hydrogen) atoms. The van der Waals surface area contributed by atoms with Gasteiger partial charge in [-0.15, -0.1) is 0 Å². The highest BCUT2D eigenvalue weighted by atomic mass is 35.5. The molecule has 0 saturated carbocycles. The molecule has 2 aliphatic rings. The molecular formula is C27H32ClN5O3. The molecule has 2 aromatic heterocycles. The molecule has 1 fully saturated rings. The maximum Gasteiger partial charge on any atom is 0.256 e. The second-order valence-electron chi connectivity index (χ2n) is 9.79. The zero-order valence-corrected chi connectivity index (χ0v) is 22.1. The van der Waals surface area contributed by atoms with E-state index in [0.29, 0.717) is 35.6 Å². The van der Waals surface area contributed by atoms with Crippen LogP contribution in [0.25, 0.3) is 11.3 Å². The topological polar surface area (TPSA) is 72.7 Å². The minimum atomic E-state index is -0.225. The van der Waals surface area contributed by atoms with Gasteiger partial charge in [0.2, 0.25) is 11.8 Å². The third-order valence-electron chi connectivity index (χ3n) is 6.97. The van der Waals surface area contributed by atoms with Crippen LogP contribution in [0.4, 0.5) is 5.95 Å². The van der Waals surface area contributed by atoms with Crippen LogP contribution in [0.2, 0.25) is 5.02 Å². The van der Waals surface area contributed by atoms with Gasteiger partial charge in [0.25, 0.3) is 5.91 Å². The van der Waals surface area contributed by atoms with Crippen LogP contribution in [-0.2, 0) is 4.74 Å². The van der Waals surface area contributed by atoms with Crippen molar-refractivity contribution in [2.24, 2.45) is 0 Å². The first-order valence-electron chi connectivity index (χ1n) is 12.3. The van der Waals surface area contributed by atoms with Crippen molar-refractivity contribution in [3.63, 3.8) is 0 Å². The number of fused-ring (bicyclic) bond motifs is 1. The van der Waals surface area contributed by atoms with Gasteiger partial charge in [0.05, 0.1) is 35.7 Å². The Labute approximate surface area is 216 Å². The van der Waals surface area contributed by atoms with E-state index in [1.807, 2.05) is 49.3 Å². The summed E-state index contributed by atoms with van der Waals surface area (Å²) >= 11 is 6.23. The Bertz CT molecular complexity index is 1270. The van der Waals surface area contributed by atoms with Gasteiger partial charge in [-0.2, -0.15) is 4.98 Å². The lowest BCUT2D eigenvalue weighted by molar-refractivity contribution is 0.0242. The number of halogens is 1. The molecule has 0 spiro atoms. The number of nitrogens with zero attached hydrogens (tertiary/aromatic N) is 5. The largest absolute Gasteiger partial charge is 0.480 e. The molecule has 1 atom stereocenters. The number of carbonyl (C=O) groups excluding carboxylic acids is 1. The number of aromatic nitrogens is 3. The van der Waals surface area contributed by atoms with Crippen molar-refractivity contribution < 1.29 is 14.3 Å². The van der Waals surface area contributed by atoms with Gasteiger partial charge in [-0.3, -0.25) is 4.79 Å². The zero-order valence-electron chi connectivity index (χ0n) is 21.4. The van der Waals surface area contributed by atoms with Crippen molar-refractivity contribution in [2.75, 3.05) is 39.3 Å². The van der Waals surface area contributed by atoms with Gasteiger partial charge in [-0.25, -0.2) is 4.98 Å². The minimum Gasteiger partial charge on any atom is -0.480 e. The standard InChI is InChI=1S/C27H32ClN5O3/c1-16(2)32-22(21-15-29-27(31(3)4)30-25(21)35-5)14-20-24(32)23(17-6-8-18(28)9-7-17)33(26(20)34)19-10-12-36-13-11-19/h6-9,14-16,19,23H,10-13H2,1-5H3. The van der Waals surface area contributed by atoms with E-state index < -0.39 is 0 Å². The van der Waals surface area contributed by atoms with Gasteiger partial charge in [0, 0.05) is 50.6 Å². The van der Waals surface area contributed by atoms with Crippen LogP contribution in [0.1, 0.15) is 60.4 Å². The van der Waals surface area contributed by atoms with Crippen LogP contribution in [0.3, 0.4) is 0 Å². The fourth-order valence-electron chi connectivity index (χ4n) is 5.35. The number of hydrogen-bond donors (Lipinski definition) is 0. The molecule has 0 N–H and O–H groups in total. The minimum absolute atomic E-state index is 0.0438. The zero-order chi connectivity index (χ0) is 25.6. The molecular weight excluding hydrogens is 478 g/mol. The molecule has 1 unspecified atom stereocenters. The number of ether oxygens (including phenoxy) is 2. The van der Waals surface area contributed by atoms with Crippen LogP contribution in [-0.4, -0.2) is 65.8 Å². The number of carbonyl (C=O) groups is 1. The van der Waals surface area contributed by atoms with Gasteiger partial charge in [-0.05, 0) is 50.5 Å². The monoisotopic (exact) mass is 509 g/mol. The summed E-state index contributed by atoms with van der Waals surface area (Å²) < 4.78 is 13.5. The SMILES string of the molecule is COc1nc(N(C)C)ncc1-c1cc2c(n1C(C)C)C(c1ccc(Cl)cc1)N(C1CCOCC1)C2=O. The van der Waals surface area contributed by atoms with Crippen molar-refractivity contribution >= 4 is 23.5 Å².